The Morgan fingerprint density at radius 2 is 1.74 bits per heavy atom. The number of unbranched alkanes of at least 4 members (excludes halogenated alkanes) is 1. The lowest BCUT2D eigenvalue weighted by Crippen LogP contribution is -2.62. The smallest absolute Gasteiger partial charge is 0.225 e. The van der Waals surface area contributed by atoms with Gasteiger partial charge < -0.3 is 10.2 Å². The van der Waals surface area contributed by atoms with Crippen molar-refractivity contribution in [1.82, 2.24) is 10.2 Å². The number of terminal acetylenes is 1. The highest BCUT2D eigenvalue weighted by atomic mass is 79.9. The summed E-state index contributed by atoms with van der Waals surface area (Å²) in [4.78, 5) is 26.5. The van der Waals surface area contributed by atoms with Crippen LogP contribution in [0.4, 0.5) is 0 Å². The molecule has 5 heteroatoms. The highest BCUT2D eigenvalue weighted by molar-refractivity contribution is 9.12. The van der Waals surface area contributed by atoms with Gasteiger partial charge in [0.05, 0.1) is 0 Å². The van der Waals surface area contributed by atoms with Crippen molar-refractivity contribution in [2.24, 2.45) is 23.7 Å². The van der Waals surface area contributed by atoms with Crippen LogP contribution in [-0.4, -0.2) is 35.3 Å². The van der Waals surface area contributed by atoms with Crippen LogP contribution in [0.15, 0.2) is 34.4 Å². The van der Waals surface area contributed by atoms with Gasteiger partial charge in [0, 0.05) is 34.9 Å². The average Bonchev–Trinajstić information content (AvgIpc) is 3.67. The predicted molar refractivity (Wildman–Crippen MR) is 147 cm³/mol. The van der Waals surface area contributed by atoms with E-state index in [0.29, 0.717) is 23.7 Å². The topological polar surface area (TPSA) is 49.4 Å². The second kappa shape index (κ2) is 14.6. The number of nitrogens with zero attached hydrogens (tertiary/aromatic N) is 1. The number of allylic oxidation sites excluding steroid dienone is 6. The number of piperidine rings is 2. The fourth-order valence-corrected chi connectivity index (χ4v) is 4.66. The zero-order valence-corrected chi connectivity index (χ0v) is 23.7. The Labute approximate surface area is 216 Å². The highest BCUT2D eigenvalue weighted by Crippen LogP contribution is 2.47. The van der Waals surface area contributed by atoms with Crippen molar-refractivity contribution in [3.63, 3.8) is 0 Å². The van der Waals surface area contributed by atoms with Crippen molar-refractivity contribution in [3.8, 4) is 12.8 Å². The Bertz CT molecular complexity index is 777. The van der Waals surface area contributed by atoms with Gasteiger partial charge in [0.2, 0.25) is 11.8 Å². The van der Waals surface area contributed by atoms with Gasteiger partial charge in [-0.05, 0) is 83.3 Å². The number of halogens is 1. The van der Waals surface area contributed by atoms with Gasteiger partial charge in [0.1, 0.15) is 0 Å². The molecule has 190 valence electrons. The van der Waals surface area contributed by atoms with Crippen molar-refractivity contribution >= 4 is 27.7 Å². The van der Waals surface area contributed by atoms with Crippen molar-refractivity contribution < 1.29 is 9.59 Å². The van der Waals surface area contributed by atoms with Crippen LogP contribution >= 0.6 is 15.9 Å². The molecule has 0 aromatic rings. The number of fused-ring (bicyclic) bond motifs is 2. The largest absolute Gasteiger partial charge is 0.351 e. The first-order chi connectivity index (χ1) is 16.1. The molecule has 0 aromatic carbocycles. The molecule has 2 saturated heterocycles. The molecule has 0 radical (unpaired) electrons. The summed E-state index contributed by atoms with van der Waals surface area (Å²) in [5.41, 5.74) is 1.15. The van der Waals surface area contributed by atoms with E-state index in [9.17, 15) is 9.59 Å². The lowest BCUT2D eigenvalue weighted by atomic mass is 9.61. The third kappa shape index (κ3) is 9.10. The third-order valence-electron chi connectivity index (χ3n) is 7.06. The number of hydrogen-bond donors (Lipinski definition) is 1. The van der Waals surface area contributed by atoms with Crippen LogP contribution in [0.1, 0.15) is 80.1 Å². The molecule has 4 fully saturated rings. The summed E-state index contributed by atoms with van der Waals surface area (Å²) >= 11 is 3.50. The second-order valence-corrected chi connectivity index (χ2v) is 11.1. The predicted octanol–water partition coefficient (Wildman–Crippen LogP) is 6.63. The van der Waals surface area contributed by atoms with Gasteiger partial charge in [-0.2, -0.15) is 0 Å². The van der Waals surface area contributed by atoms with Crippen LogP contribution in [0.5, 0.6) is 0 Å². The second-order valence-electron chi connectivity index (χ2n) is 10.2. The molecule has 2 unspecified atom stereocenters. The minimum absolute atomic E-state index is 0.121. The number of carbonyl (C=O) groups excluding carboxylic acids is 2. The summed E-state index contributed by atoms with van der Waals surface area (Å²) < 4.78 is 1.16. The summed E-state index contributed by atoms with van der Waals surface area (Å²) in [6, 6.07) is 0. The molecular weight excluding hydrogens is 488 g/mol. The molecule has 34 heavy (non-hydrogen) atoms. The zero-order chi connectivity index (χ0) is 25.9. The van der Waals surface area contributed by atoms with E-state index in [1.165, 1.54) is 12.0 Å². The van der Waals surface area contributed by atoms with Gasteiger partial charge in [-0.1, -0.05) is 54.4 Å². The Hall–Kier alpha value is -1.80. The Morgan fingerprint density at radius 3 is 2.21 bits per heavy atom. The van der Waals surface area contributed by atoms with E-state index in [1.54, 1.807) is 0 Å². The van der Waals surface area contributed by atoms with E-state index in [2.05, 4.69) is 93.0 Å². The Morgan fingerprint density at radius 1 is 1.15 bits per heavy atom. The molecule has 2 saturated carbocycles. The van der Waals surface area contributed by atoms with Crippen molar-refractivity contribution in [3.05, 3.63) is 34.4 Å². The highest BCUT2D eigenvalue weighted by Gasteiger charge is 2.52. The molecule has 2 atom stereocenters. The summed E-state index contributed by atoms with van der Waals surface area (Å²) in [5, 5.41) is 3.17. The van der Waals surface area contributed by atoms with Gasteiger partial charge in [-0.15, -0.1) is 12.8 Å². The normalized spacial score (nSPS) is 24.3. The fourth-order valence-electron chi connectivity index (χ4n) is 4.27. The number of rotatable bonds is 8. The lowest BCUT2D eigenvalue weighted by molar-refractivity contribution is -0.154. The van der Waals surface area contributed by atoms with Crippen LogP contribution in [0.3, 0.4) is 0 Å². The monoisotopic (exact) mass is 532 g/mol. The van der Waals surface area contributed by atoms with Crippen molar-refractivity contribution in [2.45, 2.75) is 85.6 Å². The average molecular weight is 534 g/mol. The molecule has 2 bridgehead atoms. The van der Waals surface area contributed by atoms with Crippen LogP contribution in [0, 0.1) is 36.5 Å². The first-order valence-electron chi connectivity index (χ1n) is 12.7. The summed E-state index contributed by atoms with van der Waals surface area (Å²) in [5.74, 6) is 1.78. The molecular formula is C29H45BrN2O2. The molecule has 1 N–H and O–H groups in total. The van der Waals surface area contributed by atoms with E-state index in [0.717, 1.165) is 49.7 Å². The first-order valence-corrected chi connectivity index (χ1v) is 13.5. The summed E-state index contributed by atoms with van der Waals surface area (Å²) in [6.07, 6.45) is 23.0. The van der Waals surface area contributed by atoms with E-state index in [-0.39, 0.29) is 17.4 Å². The van der Waals surface area contributed by atoms with Gasteiger partial charge in [0.15, 0.2) is 0 Å². The van der Waals surface area contributed by atoms with E-state index in [4.69, 9.17) is 0 Å². The van der Waals surface area contributed by atoms with Crippen molar-refractivity contribution in [1.29, 1.82) is 0 Å². The Kier molecular flexibility index (Phi) is 13.0. The van der Waals surface area contributed by atoms with E-state index in [1.807, 2.05) is 11.8 Å². The van der Waals surface area contributed by atoms with Crippen LogP contribution in [-0.2, 0) is 9.59 Å². The quantitative estimate of drug-likeness (QED) is 0.281. The number of carbonyl (C=O) groups is 2. The molecule has 2 aliphatic heterocycles. The van der Waals surface area contributed by atoms with Gasteiger partial charge in [0.25, 0.3) is 0 Å². The molecule has 4 aliphatic rings. The first kappa shape index (κ1) is 30.2. The Balaban J connectivity index is 0.000000357. The van der Waals surface area contributed by atoms with E-state index < -0.39 is 0 Å². The molecule has 2 heterocycles. The fraction of sp³-hybridized carbons (Fsp3) is 0.655. The molecule has 2 aliphatic carbocycles. The van der Waals surface area contributed by atoms with Gasteiger partial charge >= 0.3 is 0 Å². The molecule has 2 amide bonds. The molecule has 4 rings (SSSR count). The molecule has 0 spiro atoms. The van der Waals surface area contributed by atoms with Crippen molar-refractivity contribution in [2.75, 3.05) is 13.1 Å². The van der Waals surface area contributed by atoms with Crippen LogP contribution < -0.4 is 5.32 Å². The third-order valence-corrected chi connectivity index (χ3v) is 7.95. The number of nitrogens with one attached hydrogen (secondary N) is 1. The number of hydrogen-bond acceptors (Lipinski definition) is 2. The van der Waals surface area contributed by atoms with Crippen LogP contribution in [0.25, 0.3) is 0 Å². The zero-order valence-electron chi connectivity index (χ0n) is 22.1. The SMILES string of the molecule is C#C.C/C=C(C)/C(Br)=C\C=C/CCC.CCC(C)(C)NC(=O)C1C2CC1CN(C(=O)C1CC1)C2. The minimum atomic E-state index is -0.121. The maximum absolute atomic E-state index is 12.4. The number of amides is 2. The van der Waals surface area contributed by atoms with Crippen LogP contribution in [0.2, 0.25) is 0 Å². The molecule has 4 nitrogen and oxygen atoms in total. The van der Waals surface area contributed by atoms with Gasteiger partial charge in [-0.3, -0.25) is 9.59 Å². The maximum Gasteiger partial charge on any atom is 0.225 e. The standard InChI is InChI=1S/C16H26N2O2.C11H17Br.C2H2/c1-4-16(2,3)17-14(19)13-11-7-12(13)9-18(8-11)15(20)10-5-6-10;1-4-6-7-8-9-11(12)10(3)5-2;1-2/h10-13H,4-9H2,1-3H3,(H,17,19);5,7-9H,4,6H2,1-3H3;1-2H/b;8-7-,10-5+,11-9+;. The molecule has 0 aromatic heterocycles. The maximum atomic E-state index is 12.4. The summed E-state index contributed by atoms with van der Waals surface area (Å²) in [6.45, 7) is 14.2. The van der Waals surface area contributed by atoms with E-state index >= 15 is 0 Å². The minimum Gasteiger partial charge on any atom is -0.351 e. The van der Waals surface area contributed by atoms with Gasteiger partial charge in [-0.25, -0.2) is 0 Å². The lowest BCUT2D eigenvalue weighted by Gasteiger charge is -2.53. The summed E-state index contributed by atoms with van der Waals surface area (Å²) in [7, 11) is 0.